The summed E-state index contributed by atoms with van der Waals surface area (Å²) in [5, 5.41) is 16.7. The lowest BCUT2D eigenvalue weighted by Crippen LogP contribution is -2.43. The number of halogens is 3. The lowest BCUT2D eigenvalue weighted by atomic mass is 9.83. The molecular formula is C37H38BF3NO8S. The molecule has 9 nitrogen and oxygen atoms in total. The maximum Gasteiger partial charge on any atom is 0.534 e. The average Bonchev–Trinajstić information content (AvgIpc) is 3.08. The Labute approximate surface area is 295 Å². The second-order valence-electron chi connectivity index (χ2n) is 12.7. The molecule has 0 aliphatic carbocycles. The number of methoxy groups -OCH3 is 1. The highest BCUT2D eigenvalue weighted by Crippen LogP contribution is 2.37. The fraction of sp³-hybridized carbons (Fsp3) is 0.324. The smallest absolute Gasteiger partial charge is 0.484 e. The minimum Gasteiger partial charge on any atom is -0.484 e. The van der Waals surface area contributed by atoms with E-state index in [0.717, 1.165) is 27.5 Å². The van der Waals surface area contributed by atoms with Crippen molar-refractivity contribution in [3.63, 3.8) is 0 Å². The number of esters is 1. The number of alkyl halides is 3. The van der Waals surface area contributed by atoms with Crippen molar-refractivity contribution in [1.82, 2.24) is 5.32 Å². The zero-order chi connectivity index (χ0) is 37.1. The maximum absolute atomic E-state index is 13.1. The molecule has 5 rings (SSSR count). The Morgan fingerprint density at radius 1 is 1.02 bits per heavy atom. The molecule has 1 aliphatic heterocycles. The molecule has 1 radical (unpaired) electrons. The molecule has 0 bridgehead atoms. The number of nitrogens with one attached hydrogen (secondary N) is 1. The molecule has 4 aromatic rings. The number of hydrogen-bond donors (Lipinski definition) is 2. The largest absolute Gasteiger partial charge is 0.534 e. The van der Waals surface area contributed by atoms with E-state index in [1.165, 1.54) is 38.9 Å². The standard InChI is InChI=1S/C37H38BF3NO8S/c1-22-16-17-26(18-32(22)35(43)47-5)38-49-24(3)36(4,44)20-25-10-8-14-30-28(12-9-13-29(25)30)23(2)42-21-27-19-34(50-51(45,46)37(39,40)41)31-11-6-7-15-33(31)48-27/h6-19,23-24,27,42,44H,20-21H2,1-5H3/t23-,24?,27-,36?/m1/s1. The summed E-state index contributed by atoms with van der Waals surface area (Å²) in [5.41, 5.74) is -3.15. The predicted molar refractivity (Wildman–Crippen MR) is 188 cm³/mol. The minimum absolute atomic E-state index is 0.0903. The summed E-state index contributed by atoms with van der Waals surface area (Å²) in [6.07, 6.45) is 0.00158. The van der Waals surface area contributed by atoms with E-state index in [1.54, 1.807) is 32.0 Å². The quantitative estimate of drug-likeness (QED) is 0.0753. The van der Waals surface area contributed by atoms with Gasteiger partial charge in [-0.3, -0.25) is 0 Å². The van der Waals surface area contributed by atoms with Crippen LogP contribution in [0.5, 0.6) is 5.75 Å². The third kappa shape index (κ3) is 8.58. The van der Waals surface area contributed by atoms with Crippen LogP contribution < -0.4 is 15.5 Å². The highest BCUT2D eigenvalue weighted by atomic mass is 32.2. The van der Waals surface area contributed by atoms with Gasteiger partial charge in [0.2, 0.25) is 0 Å². The highest BCUT2D eigenvalue weighted by molar-refractivity contribution is 7.87. The van der Waals surface area contributed by atoms with Crippen LogP contribution in [-0.2, 0) is 30.1 Å². The van der Waals surface area contributed by atoms with E-state index in [-0.39, 0.29) is 30.3 Å². The second kappa shape index (κ2) is 15.1. The number of para-hydroxylation sites is 1. The van der Waals surface area contributed by atoms with Crippen LogP contribution in [-0.4, -0.2) is 63.9 Å². The molecule has 1 heterocycles. The summed E-state index contributed by atoms with van der Waals surface area (Å²) in [5.74, 6) is -0.723. The van der Waals surface area contributed by atoms with Gasteiger partial charge in [0, 0.05) is 25.1 Å². The van der Waals surface area contributed by atoms with Crippen LogP contribution >= 0.6 is 0 Å². The summed E-state index contributed by atoms with van der Waals surface area (Å²) in [4.78, 5) is 12.1. The van der Waals surface area contributed by atoms with Crippen LogP contribution in [0.2, 0.25) is 0 Å². The van der Waals surface area contributed by atoms with E-state index >= 15 is 0 Å². The van der Waals surface area contributed by atoms with Crippen molar-refractivity contribution in [2.75, 3.05) is 13.7 Å². The Morgan fingerprint density at radius 2 is 1.73 bits per heavy atom. The Morgan fingerprint density at radius 3 is 2.45 bits per heavy atom. The van der Waals surface area contributed by atoms with Crippen LogP contribution in [0.15, 0.2) is 84.9 Å². The number of hydrogen-bond acceptors (Lipinski definition) is 9. The summed E-state index contributed by atoms with van der Waals surface area (Å²) < 4.78 is 84.3. The number of aryl methyl sites for hydroxylation is 1. The summed E-state index contributed by atoms with van der Waals surface area (Å²) in [6, 6.07) is 22.7. The van der Waals surface area contributed by atoms with E-state index in [4.69, 9.17) is 14.1 Å². The number of benzene rings is 4. The Balaban J connectivity index is 1.29. The van der Waals surface area contributed by atoms with Crippen molar-refractivity contribution < 1.29 is 49.8 Å². The monoisotopic (exact) mass is 724 g/mol. The number of aliphatic hydroxyl groups is 1. The zero-order valence-corrected chi connectivity index (χ0v) is 29.5. The van der Waals surface area contributed by atoms with Crippen molar-refractivity contribution in [3.8, 4) is 5.75 Å². The van der Waals surface area contributed by atoms with Gasteiger partial charge in [0.25, 0.3) is 0 Å². The Hall–Kier alpha value is -4.37. The number of carbonyl (C=O) groups excluding carboxylic acids is 1. The first kappa shape index (κ1) is 37.9. The Kier molecular flexibility index (Phi) is 11.2. The normalized spacial score (nSPS) is 17.0. The fourth-order valence-electron chi connectivity index (χ4n) is 5.80. The van der Waals surface area contributed by atoms with Gasteiger partial charge in [-0.25, -0.2) is 4.79 Å². The van der Waals surface area contributed by atoms with Crippen molar-refractivity contribution in [1.29, 1.82) is 0 Å². The Bertz CT molecular complexity index is 2050. The molecule has 0 amide bonds. The zero-order valence-electron chi connectivity index (χ0n) is 28.7. The molecule has 14 heteroatoms. The summed E-state index contributed by atoms with van der Waals surface area (Å²) >= 11 is 0. The van der Waals surface area contributed by atoms with Crippen LogP contribution in [0, 0.1) is 6.92 Å². The van der Waals surface area contributed by atoms with Crippen LogP contribution in [0.4, 0.5) is 13.2 Å². The van der Waals surface area contributed by atoms with Crippen molar-refractivity contribution in [2.24, 2.45) is 0 Å². The number of carbonyl (C=O) groups is 1. The molecule has 4 aromatic carbocycles. The lowest BCUT2D eigenvalue weighted by molar-refractivity contribution is -0.0510. The van der Waals surface area contributed by atoms with Gasteiger partial charge in [-0.1, -0.05) is 72.2 Å². The van der Waals surface area contributed by atoms with Gasteiger partial charge in [-0.2, -0.15) is 21.6 Å². The highest BCUT2D eigenvalue weighted by Gasteiger charge is 2.49. The first-order valence-electron chi connectivity index (χ1n) is 16.1. The van der Waals surface area contributed by atoms with Gasteiger partial charge in [0.15, 0.2) is 5.76 Å². The van der Waals surface area contributed by atoms with Crippen molar-refractivity contribution in [2.45, 2.75) is 63.5 Å². The van der Waals surface area contributed by atoms with E-state index < -0.39 is 45.2 Å². The molecule has 51 heavy (non-hydrogen) atoms. The molecule has 269 valence electrons. The first-order chi connectivity index (χ1) is 24.0. The van der Waals surface area contributed by atoms with E-state index in [0.29, 0.717) is 11.0 Å². The molecule has 0 aromatic heterocycles. The van der Waals surface area contributed by atoms with Gasteiger partial charge < -0.3 is 28.7 Å². The van der Waals surface area contributed by atoms with Crippen molar-refractivity contribution >= 4 is 45.6 Å². The van der Waals surface area contributed by atoms with E-state index in [9.17, 15) is 31.5 Å². The van der Waals surface area contributed by atoms with Gasteiger partial charge in [-0.15, -0.1) is 0 Å². The van der Waals surface area contributed by atoms with E-state index in [1.807, 2.05) is 56.3 Å². The van der Waals surface area contributed by atoms with Crippen LogP contribution in [0.25, 0.3) is 16.5 Å². The number of fused-ring (bicyclic) bond motifs is 2. The van der Waals surface area contributed by atoms with Crippen LogP contribution in [0.3, 0.4) is 0 Å². The lowest BCUT2D eigenvalue weighted by Gasteiger charge is -2.31. The summed E-state index contributed by atoms with van der Waals surface area (Å²) in [6.45, 7) is 7.31. The van der Waals surface area contributed by atoms with Gasteiger partial charge >= 0.3 is 29.1 Å². The number of ether oxygens (including phenoxy) is 2. The third-order valence-electron chi connectivity index (χ3n) is 8.89. The van der Waals surface area contributed by atoms with Gasteiger partial charge in [-0.05, 0) is 67.3 Å². The molecular weight excluding hydrogens is 686 g/mol. The van der Waals surface area contributed by atoms with Gasteiger partial charge in [0.05, 0.1) is 29.9 Å². The van der Waals surface area contributed by atoms with E-state index in [2.05, 4.69) is 9.50 Å². The van der Waals surface area contributed by atoms with Crippen molar-refractivity contribution in [3.05, 3.63) is 113 Å². The molecule has 1 aliphatic rings. The molecule has 0 fully saturated rings. The second-order valence-corrected chi connectivity index (χ2v) is 14.2. The maximum atomic E-state index is 13.1. The molecule has 0 saturated carbocycles. The molecule has 2 unspecified atom stereocenters. The number of rotatable bonds is 13. The topological polar surface area (TPSA) is 120 Å². The fourth-order valence-corrected chi connectivity index (χ4v) is 6.28. The SMILES string of the molecule is COC(=O)c1cc([B]OC(C)C(C)(O)Cc2cccc3c([C@@H](C)NC[C@H]4C=C(OS(=O)(=O)C(F)(F)F)c5ccccc5O4)cccc23)ccc1C. The molecule has 0 saturated heterocycles. The van der Waals surface area contributed by atoms with Crippen LogP contribution in [0.1, 0.15) is 59.4 Å². The molecule has 0 spiro atoms. The molecule has 2 N–H and O–H groups in total. The third-order valence-corrected chi connectivity index (χ3v) is 9.85. The molecule has 4 atom stereocenters. The summed E-state index contributed by atoms with van der Waals surface area (Å²) in [7, 11) is -3.07. The first-order valence-corrected chi connectivity index (χ1v) is 17.5. The average molecular weight is 725 g/mol. The minimum atomic E-state index is -5.89. The predicted octanol–water partition coefficient (Wildman–Crippen LogP) is 5.90. The van der Waals surface area contributed by atoms with Gasteiger partial charge in [0.1, 0.15) is 11.9 Å².